The van der Waals surface area contributed by atoms with Gasteiger partial charge in [0, 0.05) is 10.8 Å². The number of aromatic amines is 1. The lowest BCUT2D eigenvalue weighted by Gasteiger charge is -2.30. The maximum atomic E-state index is 13.6. The second-order valence-electron chi connectivity index (χ2n) is 7.45. The molecule has 5 nitrogen and oxygen atoms in total. The first-order valence-corrected chi connectivity index (χ1v) is 11.9. The summed E-state index contributed by atoms with van der Waals surface area (Å²) in [5.74, 6) is -3.07. The van der Waals surface area contributed by atoms with Gasteiger partial charge in [0.1, 0.15) is 5.25 Å². The number of aromatic nitrogens is 1. The fourth-order valence-electron chi connectivity index (χ4n) is 4.19. The van der Waals surface area contributed by atoms with Crippen molar-refractivity contribution >= 4 is 63.8 Å². The number of thioether (sulfide) groups is 1. The second-order valence-corrected chi connectivity index (χ2v) is 10.4. The van der Waals surface area contributed by atoms with E-state index in [4.69, 9.17) is 23.2 Å². The van der Waals surface area contributed by atoms with Crippen molar-refractivity contribution in [2.45, 2.75) is 22.4 Å². The van der Waals surface area contributed by atoms with E-state index in [1.165, 1.54) is 6.07 Å². The first-order valence-electron chi connectivity index (χ1n) is 9.46. The van der Waals surface area contributed by atoms with Crippen molar-refractivity contribution in [3.8, 4) is 0 Å². The van der Waals surface area contributed by atoms with Crippen LogP contribution in [0.5, 0.6) is 0 Å². The van der Waals surface area contributed by atoms with Crippen LogP contribution in [0.2, 0.25) is 10.0 Å². The topological polar surface area (TPSA) is 70.2 Å². The third-order valence-electron chi connectivity index (χ3n) is 5.57. The summed E-state index contributed by atoms with van der Waals surface area (Å²) in [6.07, 6.45) is -4.64. The van der Waals surface area contributed by atoms with Crippen LogP contribution in [-0.4, -0.2) is 22.0 Å². The number of imide groups is 1. The number of hydrogen-bond donors (Lipinski definition) is 1. The van der Waals surface area contributed by atoms with Crippen LogP contribution in [0.3, 0.4) is 0 Å². The van der Waals surface area contributed by atoms with Gasteiger partial charge in [-0.2, -0.15) is 13.2 Å². The summed E-state index contributed by atoms with van der Waals surface area (Å²) >= 11 is 14.5. The van der Waals surface area contributed by atoms with Gasteiger partial charge in [0.05, 0.1) is 32.2 Å². The largest absolute Gasteiger partial charge is 0.416 e. The first kappa shape index (κ1) is 22.5. The maximum absolute atomic E-state index is 13.6. The Balaban J connectivity index is 1.66. The van der Waals surface area contributed by atoms with E-state index in [1.807, 2.05) is 0 Å². The van der Waals surface area contributed by atoms with Crippen molar-refractivity contribution in [2.75, 3.05) is 4.90 Å². The number of hydrogen-bond acceptors (Lipinski definition) is 5. The van der Waals surface area contributed by atoms with E-state index in [1.54, 1.807) is 18.2 Å². The zero-order valence-corrected chi connectivity index (χ0v) is 19.3. The Kier molecular flexibility index (Phi) is 5.39. The summed E-state index contributed by atoms with van der Waals surface area (Å²) in [7, 11) is 0. The van der Waals surface area contributed by atoms with Crippen LogP contribution in [-0.2, 0) is 15.8 Å². The highest BCUT2D eigenvalue weighted by molar-refractivity contribution is 8.00. The quantitative estimate of drug-likeness (QED) is 0.440. The summed E-state index contributed by atoms with van der Waals surface area (Å²) in [5, 5.41) is -0.108. The highest BCUT2D eigenvalue weighted by Gasteiger charge is 2.56. The molecule has 0 radical (unpaired) electrons. The predicted molar refractivity (Wildman–Crippen MR) is 120 cm³/mol. The molecule has 1 aromatic heterocycles. The van der Waals surface area contributed by atoms with Gasteiger partial charge in [0.15, 0.2) is 0 Å². The Morgan fingerprint density at radius 2 is 1.73 bits per heavy atom. The number of anilines is 1. The van der Waals surface area contributed by atoms with Crippen molar-refractivity contribution in [3.05, 3.63) is 78.2 Å². The van der Waals surface area contributed by atoms with Gasteiger partial charge in [-0.1, -0.05) is 64.5 Å². The minimum atomic E-state index is -4.64. The molecule has 3 heterocycles. The van der Waals surface area contributed by atoms with Crippen LogP contribution in [0.4, 0.5) is 18.9 Å². The molecule has 0 spiro atoms. The fourth-order valence-corrected chi connectivity index (χ4v) is 7.12. The predicted octanol–water partition coefficient (Wildman–Crippen LogP) is 5.56. The number of thiazole rings is 1. The van der Waals surface area contributed by atoms with Gasteiger partial charge in [-0.3, -0.25) is 14.4 Å². The molecular weight excluding hydrogens is 520 g/mol. The van der Waals surface area contributed by atoms with Crippen LogP contribution in [0.25, 0.3) is 0 Å². The molecule has 33 heavy (non-hydrogen) atoms. The number of halogens is 5. The molecule has 2 aromatic carbocycles. The second kappa shape index (κ2) is 7.90. The Labute approximate surface area is 202 Å². The highest BCUT2D eigenvalue weighted by Crippen LogP contribution is 2.54. The van der Waals surface area contributed by atoms with Gasteiger partial charge in [-0.15, -0.1) is 0 Å². The molecule has 1 saturated heterocycles. The summed E-state index contributed by atoms with van der Waals surface area (Å²) in [5.41, 5.74) is -0.674. The molecule has 0 bridgehead atoms. The molecule has 0 saturated carbocycles. The van der Waals surface area contributed by atoms with Crippen LogP contribution in [0.1, 0.15) is 21.9 Å². The van der Waals surface area contributed by atoms with E-state index in [0.29, 0.717) is 15.5 Å². The number of carbonyl (C=O) groups is 2. The molecule has 3 aromatic rings. The third kappa shape index (κ3) is 3.60. The lowest BCUT2D eigenvalue weighted by Crippen LogP contribution is -2.32. The average Bonchev–Trinajstić information content (AvgIpc) is 3.24. The minimum absolute atomic E-state index is 0.164. The summed E-state index contributed by atoms with van der Waals surface area (Å²) < 4.78 is 39.7. The van der Waals surface area contributed by atoms with Gasteiger partial charge in [0.2, 0.25) is 11.8 Å². The molecule has 3 atom stereocenters. The average molecular weight is 531 g/mol. The third-order valence-corrected chi connectivity index (χ3v) is 8.81. The van der Waals surface area contributed by atoms with Gasteiger partial charge in [-0.05, 0) is 29.8 Å². The highest BCUT2D eigenvalue weighted by atomic mass is 35.5. The SMILES string of the molecule is O=C1C2Sc3[nH]c(=O)sc3C(c3cccc(Cl)c3Cl)C2C(=O)N1c1cccc(C(F)(F)F)c1. The zero-order valence-electron chi connectivity index (χ0n) is 16.2. The molecule has 3 unspecified atom stereocenters. The van der Waals surface area contributed by atoms with Crippen LogP contribution < -0.4 is 9.77 Å². The van der Waals surface area contributed by atoms with Crippen LogP contribution >= 0.6 is 46.3 Å². The Hall–Kier alpha value is -2.27. The van der Waals surface area contributed by atoms with Gasteiger partial charge >= 0.3 is 11.0 Å². The lowest BCUT2D eigenvalue weighted by atomic mass is 9.83. The standard InChI is InChI=1S/C21H11Cl2F3N2O3S2/c22-11-6-2-5-10(14(11)23)12-13-16(32-17-15(12)33-20(31)27-17)19(30)28(18(13)29)9-4-1-3-8(7-9)21(24,25)26/h1-7,12-13,16H,(H,27,31). The summed E-state index contributed by atoms with van der Waals surface area (Å²) in [4.78, 5) is 42.6. The normalized spacial score (nSPS) is 22.5. The number of benzene rings is 2. The first-order chi connectivity index (χ1) is 15.6. The van der Waals surface area contributed by atoms with Gasteiger partial charge in [-0.25, -0.2) is 4.90 Å². The Morgan fingerprint density at radius 1 is 1.00 bits per heavy atom. The van der Waals surface area contributed by atoms with Crippen LogP contribution in [0, 0.1) is 5.92 Å². The van der Waals surface area contributed by atoms with Crippen molar-refractivity contribution in [1.82, 2.24) is 4.98 Å². The van der Waals surface area contributed by atoms with Crippen molar-refractivity contribution in [2.24, 2.45) is 5.92 Å². The van der Waals surface area contributed by atoms with Crippen molar-refractivity contribution in [1.29, 1.82) is 0 Å². The van der Waals surface area contributed by atoms with E-state index < -0.39 is 40.6 Å². The fraction of sp³-hybridized carbons (Fsp3) is 0.190. The number of rotatable bonds is 2. The molecule has 12 heteroatoms. The molecule has 170 valence electrons. The Morgan fingerprint density at radius 3 is 2.45 bits per heavy atom. The molecule has 1 N–H and O–H groups in total. The van der Waals surface area contributed by atoms with E-state index in [-0.39, 0.29) is 20.6 Å². The number of amides is 2. The molecule has 2 aliphatic heterocycles. The van der Waals surface area contributed by atoms with Gasteiger partial charge < -0.3 is 4.98 Å². The van der Waals surface area contributed by atoms with E-state index in [9.17, 15) is 27.6 Å². The minimum Gasteiger partial charge on any atom is -0.307 e. The molecule has 1 fully saturated rings. The molecular formula is C21H11Cl2F3N2O3S2. The summed E-state index contributed by atoms with van der Waals surface area (Å²) in [6, 6.07) is 8.94. The monoisotopic (exact) mass is 530 g/mol. The van der Waals surface area contributed by atoms with E-state index in [0.717, 1.165) is 46.2 Å². The lowest BCUT2D eigenvalue weighted by molar-refractivity contribution is -0.137. The van der Waals surface area contributed by atoms with E-state index in [2.05, 4.69) is 4.98 Å². The Bertz CT molecular complexity index is 1370. The molecule has 0 aliphatic carbocycles. The smallest absolute Gasteiger partial charge is 0.307 e. The number of alkyl halides is 3. The number of fused-ring (bicyclic) bond motifs is 2. The van der Waals surface area contributed by atoms with Crippen molar-refractivity contribution in [3.63, 3.8) is 0 Å². The maximum Gasteiger partial charge on any atom is 0.416 e. The van der Waals surface area contributed by atoms with Crippen LogP contribution in [0.15, 0.2) is 52.3 Å². The summed E-state index contributed by atoms with van der Waals surface area (Å²) in [6.45, 7) is 0. The number of nitrogens with one attached hydrogen (secondary N) is 1. The van der Waals surface area contributed by atoms with E-state index >= 15 is 0 Å². The molecule has 5 rings (SSSR count). The van der Waals surface area contributed by atoms with Crippen molar-refractivity contribution < 1.29 is 22.8 Å². The number of nitrogens with zero attached hydrogens (tertiary/aromatic N) is 1. The molecule has 2 amide bonds. The number of carbonyl (C=O) groups excluding carboxylic acids is 2. The number of H-pyrrole nitrogens is 1. The molecule has 2 aliphatic rings. The zero-order chi connectivity index (χ0) is 23.7. The van der Waals surface area contributed by atoms with Gasteiger partial charge in [0.25, 0.3) is 0 Å².